The third-order valence-electron chi connectivity index (χ3n) is 4.04. The Labute approximate surface area is 142 Å². The number of aromatic nitrogens is 3. The van der Waals surface area contributed by atoms with Crippen molar-refractivity contribution >= 4 is 24.0 Å². The van der Waals surface area contributed by atoms with Crippen molar-refractivity contribution in [3.63, 3.8) is 0 Å². The standard InChI is InChI=1S/C16H21N5O.ClH/c22-16(6-1-13-7-9-17-10-8-13)20-14-2-4-15(5-3-14)21-18-11-12-19-21;/h2-5,11-13,17H,1,6-10H2,(H,20,22);1H. The second-order valence-electron chi connectivity index (χ2n) is 5.65. The second kappa shape index (κ2) is 8.64. The highest BCUT2D eigenvalue weighted by Gasteiger charge is 2.14. The van der Waals surface area contributed by atoms with Crippen molar-refractivity contribution in [2.24, 2.45) is 5.92 Å². The molecule has 3 rings (SSSR count). The van der Waals surface area contributed by atoms with Gasteiger partial charge in [-0.1, -0.05) is 0 Å². The first-order chi connectivity index (χ1) is 10.8. The van der Waals surface area contributed by atoms with Crippen molar-refractivity contribution in [1.29, 1.82) is 0 Å². The van der Waals surface area contributed by atoms with E-state index >= 15 is 0 Å². The Balaban J connectivity index is 0.00000192. The van der Waals surface area contributed by atoms with Crippen molar-refractivity contribution in [3.8, 4) is 5.69 Å². The SMILES string of the molecule is Cl.O=C(CCC1CCNCC1)Nc1ccc(-n2nccn2)cc1. The van der Waals surface area contributed by atoms with Gasteiger partial charge in [0.25, 0.3) is 0 Å². The van der Waals surface area contributed by atoms with Crippen LogP contribution >= 0.6 is 12.4 Å². The van der Waals surface area contributed by atoms with Gasteiger partial charge >= 0.3 is 0 Å². The van der Waals surface area contributed by atoms with Crippen LogP contribution < -0.4 is 10.6 Å². The van der Waals surface area contributed by atoms with Crippen LogP contribution in [0.2, 0.25) is 0 Å². The Morgan fingerprint density at radius 3 is 2.48 bits per heavy atom. The van der Waals surface area contributed by atoms with E-state index in [9.17, 15) is 4.79 Å². The normalized spacial score (nSPS) is 15.0. The van der Waals surface area contributed by atoms with E-state index in [1.54, 1.807) is 17.2 Å². The summed E-state index contributed by atoms with van der Waals surface area (Å²) in [6.45, 7) is 2.16. The zero-order valence-corrected chi connectivity index (χ0v) is 13.8. The van der Waals surface area contributed by atoms with E-state index in [-0.39, 0.29) is 18.3 Å². The Morgan fingerprint density at radius 2 is 1.83 bits per heavy atom. The molecule has 124 valence electrons. The number of amides is 1. The summed E-state index contributed by atoms with van der Waals surface area (Å²) in [7, 11) is 0. The summed E-state index contributed by atoms with van der Waals surface area (Å²) in [6, 6.07) is 7.53. The van der Waals surface area contributed by atoms with Crippen LogP contribution in [-0.2, 0) is 4.79 Å². The van der Waals surface area contributed by atoms with Gasteiger partial charge in [0.05, 0.1) is 18.1 Å². The summed E-state index contributed by atoms with van der Waals surface area (Å²) in [5.41, 5.74) is 1.68. The first-order valence-corrected chi connectivity index (χ1v) is 7.78. The number of halogens is 1. The van der Waals surface area contributed by atoms with Gasteiger partial charge in [-0.15, -0.1) is 12.4 Å². The average molecular weight is 336 g/mol. The van der Waals surface area contributed by atoms with Gasteiger partial charge in [0.2, 0.25) is 5.91 Å². The summed E-state index contributed by atoms with van der Waals surface area (Å²) >= 11 is 0. The van der Waals surface area contributed by atoms with Gasteiger partial charge in [0.1, 0.15) is 0 Å². The van der Waals surface area contributed by atoms with Gasteiger partial charge in [-0.05, 0) is 62.5 Å². The van der Waals surface area contributed by atoms with Crippen molar-refractivity contribution in [2.75, 3.05) is 18.4 Å². The van der Waals surface area contributed by atoms with Gasteiger partial charge in [0, 0.05) is 12.1 Å². The van der Waals surface area contributed by atoms with Crippen LogP contribution in [0.3, 0.4) is 0 Å². The Morgan fingerprint density at radius 1 is 1.17 bits per heavy atom. The first-order valence-electron chi connectivity index (χ1n) is 7.78. The number of nitrogens with zero attached hydrogens (tertiary/aromatic N) is 3. The van der Waals surface area contributed by atoms with Crippen molar-refractivity contribution in [2.45, 2.75) is 25.7 Å². The van der Waals surface area contributed by atoms with E-state index in [0.717, 1.165) is 30.9 Å². The lowest BCUT2D eigenvalue weighted by molar-refractivity contribution is -0.116. The highest BCUT2D eigenvalue weighted by atomic mass is 35.5. The molecule has 1 saturated heterocycles. The van der Waals surface area contributed by atoms with E-state index in [1.165, 1.54) is 12.8 Å². The summed E-state index contributed by atoms with van der Waals surface area (Å²) < 4.78 is 0. The van der Waals surface area contributed by atoms with Gasteiger partial charge in [-0.25, -0.2) is 0 Å². The highest BCUT2D eigenvalue weighted by Crippen LogP contribution is 2.18. The molecule has 0 unspecified atom stereocenters. The zero-order valence-electron chi connectivity index (χ0n) is 12.9. The van der Waals surface area contributed by atoms with Crippen molar-refractivity contribution in [1.82, 2.24) is 20.3 Å². The number of carbonyl (C=O) groups is 1. The predicted molar refractivity (Wildman–Crippen MR) is 92.1 cm³/mol. The lowest BCUT2D eigenvalue weighted by atomic mass is 9.93. The average Bonchev–Trinajstić information content (AvgIpc) is 3.09. The third-order valence-corrected chi connectivity index (χ3v) is 4.04. The fourth-order valence-corrected chi connectivity index (χ4v) is 2.76. The summed E-state index contributed by atoms with van der Waals surface area (Å²) in [6.07, 6.45) is 7.20. The second-order valence-corrected chi connectivity index (χ2v) is 5.65. The fourth-order valence-electron chi connectivity index (χ4n) is 2.76. The molecule has 1 amide bonds. The number of rotatable bonds is 5. The maximum absolute atomic E-state index is 12.0. The lowest BCUT2D eigenvalue weighted by Gasteiger charge is -2.22. The molecule has 1 aromatic heterocycles. The van der Waals surface area contributed by atoms with Gasteiger partial charge in [-0.3, -0.25) is 4.79 Å². The number of piperidine rings is 1. The molecule has 1 aliphatic rings. The van der Waals surface area contributed by atoms with Crippen LogP contribution in [-0.4, -0.2) is 34.0 Å². The minimum atomic E-state index is 0. The smallest absolute Gasteiger partial charge is 0.224 e. The molecule has 1 aromatic carbocycles. The van der Waals surface area contributed by atoms with Crippen LogP contribution in [0, 0.1) is 5.92 Å². The number of carbonyl (C=O) groups excluding carboxylic acids is 1. The van der Waals surface area contributed by atoms with Crippen molar-refractivity contribution < 1.29 is 4.79 Å². The largest absolute Gasteiger partial charge is 0.326 e. The van der Waals surface area contributed by atoms with Gasteiger partial charge in [-0.2, -0.15) is 15.0 Å². The molecule has 2 N–H and O–H groups in total. The molecule has 0 radical (unpaired) electrons. The molecule has 0 bridgehead atoms. The quantitative estimate of drug-likeness (QED) is 0.880. The summed E-state index contributed by atoms with van der Waals surface area (Å²) in [5.74, 6) is 0.767. The number of hydrogen-bond donors (Lipinski definition) is 2. The minimum Gasteiger partial charge on any atom is -0.326 e. The molecular formula is C16H22ClN5O. The predicted octanol–water partition coefficient (Wildman–Crippen LogP) is 2.41. The molecule has 1 fully saturated rings. The molecule has 23 heavy (non-hydrogen) atoms. The van der Waals surface area contributed by atoms with Gasteiger partial charge < -0.3 is 10.6 Å². The minimum absolute atomic E-state index is 0. The van der Waals surface area contributed by atoms with E-state index in [1.807, 2.05) is 24.3 Å². The number of anilines is 1. The van der Waals surface area contributed by atoms with E-state index in [4.69, 9.17) is 0 Å². The third kappa shape index (κ3) is 5.04. The van der Waals surface area contributed by atoms with E-state index in [0.29, 0.717) is 12.3 Å². The molecule has 1 aliphatic heterocycles. The zero-order chi connectivity index (χ0) is 15.2. The molecular weight excluding hydrogens is 314 g/mol. The Kier molecular flexibility index (Phi) is 6.55. The molecule has 2 aromatic rings. The van der Waals surface area contributed by atoms with Crippen LogP contribution in [0.15, 0.2) is 36.7 Å². The molecule has 0 aliphatic carbocycles. The van der Waals surface area contributed by atoms with Crippen molar-refractivity contribution in [3.05, 3.63) is 36.7 Å². The maximum Gasteiger partial charge on any atom is 0.224 e. The summed E-state index contributed by atoms with van der Waals surface area (Å²) in [5, 5.41) is 14.4. The fraction of sp³-hybridized carbons (Fsp3) is 0.438. The number of hydrogen-bond acceptors (Lipinski definition) is 4. The molecule has 7 heteroatoms. The van der Waals surface area contributed by atoms with Crippen LogP contribution in [0.25, 0.3) is 5.69 Å². The molecule has 2 heterocycles. The molecule has 6 nitrogen and oxygen atoms in total. The highest BCUT2D eigenvalue weighted by molar-refractivity contribution is 5.90. The number of nitrogens with one attached hydrogen (secondary N) is 2. The monoisotopic (exact) mass is 335 g/mol. The van der Waals surface area contributed by atoms with Gasteiger partial charge in [0.15, 0.2) is 0 Å². The summed E-state index contributed by atoms with van der Waals surface area (Å²) in [4.78, 5) is 13.6. The van der Waals surface area contributed by atoms with E-state index < -0.39 is 0 Å². The van der Waals surface area contributed by atoms with Crippen LogP contribution in [0.5, 0.6) is 0 Å². The Bertz CT molecular complexity index is 593. The molecule has 0 saturated carbocycles. The number of benzene rings is 1. The van der Waals surface area contributed by atoms with Crippen LogP contribution in [0.1, 0.15) is 25.7 Å². The first kappa shape index (κ1) is 17.4. The Hall–Kier alpha value is -1.92. The lowest BCUT2D eigenvalue weighted by Crippen LogP contribution is -2.28. The van der Waals surface area contributed by atoms with Crippen LogP contribution in [0.4, 0.5) is 5.69 Å². The van der Waals surface area contributed by atoms with E-state index in [2.05, 4.69) is 20.8 Å². The molecule has 0 spiro atoms. The molecule has 0 atom stereocenters. The topological polar surface area (TPSA) is 71.8 Å². The maximum atomic E-state index is 12.0.